The molecule has 2 unspecified atom stereocenters. The number of aliphatic carboxylic acids is 1. The summed E-state index contributed by atoms with van der Waals surface area (Å²) in [5, 5.41) is 26.8. The number of nitrogens with zero attached hydrogens (tertiary/aromatic N) is 2. The van der Waals surface area contributed by atoms with Gasteiger partial charge in [0.15, 0.2) is 0 Å². The van der Waals surface area contributed by atoms with E-state index >= 15 is 0 Å². The molecule has 0 radical (unpaired) electrons. The highest BCUT2D eigenvalue weighted by Crippen LogP contribution is 2.24. The fourth-order valence-corrected chi connectivity index (χ4v) is 2.43. The van der Waals surface area contributed by atoms with Gasteiger partial charge in [-0.2, -0.15) is 0 Å². The Kier molecular flexibility index (Phi) is 6.04. The lowest BCUT2D eigenvalue weighted by molar-refractivity contribution is -0.145. The van der Waals surface area contributed by atoms with Crippen molar-refractivity contribution in [1.82, 2.24) is 9.80 Å². The van der Waals surface area contributed by atoms with Crippen LogP contribution in [0.15, 0.2) is 0 Å². The number of piperidine rings is 1. The SMILES string of the molecule is CC1CN(C(=O)N(CCO)CCO)CCC1C(=O)O. The van der Waals surface area contributed by atoms with Gasteiger partial charge in [-0.1, -0.05) is 6.92 Å². The molecule has 0 aliphatic carbocycles. The second-order valence-electron chi connectivity index (χ2n) is 4.87. The number of aliphatic hydroxyl groups excluding tert-OH is 2. The van der Waals surface area contributed by atoms with Gasteiger partial charge in [0, 0.05) is 26.2 Å². The lowest BCUT2D eigenvalue weighted by Gasteiger charge is -2.37. The Hall–Kier alpha value is -1.34. The van der Waals surface area contributed by atoms with Crippen LogP contribution < -0.4 is 0 Å². The average molecular weight is 274 g/mol. The first-order valence-corrected chi connectivity index (χ1v) is 6.49. The summed E-state index contributed by atoms with van der Waals surface area (Å²) in [6, 6.07) is -0.251. The van der Waals surface area contributed by atoms with E-state index in [1.807, 2.05) is 6.92 Å². The molecule has 110 valence electrons. The van der Waals surface area contributed by atoms with Gasteiger partial charge in [0.2, 0.25) is 0 Å². The Bertz CT molecular complexity index is 317. The van der Waals surface area contributed by atoms with Gasteiger partial charge in [0.25, 0.3) is 0 Å². The predicted octanol–water partition coefficient (Wildman–Crippen LogP) is -0.564. The monoisotopic (exact) mass is 274 g/mol. The number of aliphatic hydroxyl groups is 2. The highest BCUT2D eigenvalue weighted by molar-refractivity contribution is 5.75. The van der Waals surface area contributed by atoms with E-state index in [1.54, 1.807) is 4.90 Å². The van der Waals surface area contributed by atoms with Crippen molar-refractivity contribution in [3.63, 3.8) is 0 Å². The molecule has 2 atom stereocenters. The number of amides is 2. The van der Waals surface area contributed by atoms with Gasteiger partial charge >= 0.3 is 12.0 Å². The van der Waals surface area contributed by atoms with Gasteiger partial charge in [0.05, 0.1) is 19.1 Å². The van der Waals surface area contributed by atoms with E-state index in [-0.39, 0.29) is 38.3 Å². The van der Waals surface area contributed by atoms with Crippen molar-refractivity contribution < 1.29 is 24.9 Å². The summed E-state index contributed by atoms with van der Waals surface area (Å²) in [4.78, 5) is 26.2. The maximum Gasteiger partial charge on any atom is 0.320 e. The average Bonchev–Trinajstić information content (AvgIpc) is 2.37. The van der Waals surface area contributed by atoms with Gasteiger partial charge in [0.1, 0.15) is 0 Å². The highest BCUT2D eigenvalue weighted by atomic mass is 16.4. The molecule has 3 N–H and O–H groups in total. The molecular weight excluding hydrogens is 252 g/mol. The summed E-state index contributed by atoms with van der Waals surface area (Å²) in [7, 11) is 0. The largest absolute Gasteiger partial charge is 0.481 e. The maximum atomic E-state index is 12.2. The van der Waals surface area contributed by atoms with E-state index < -0.39 is 11.9 Å². The molecule has 1 saturated heterocycles. The maximum absolute atomic E-state index is 12.2. The number of rotatable bonds is 5. The van der Waals surface area contributed by atoms with Crippen molar-refractivity contribution in [3.8, 4) is 0 Å². The summed E-state index contributed by atoms with van der Waals surface area (Å²) < 4.78 is 0. The molecule has 0 aromatic carbocycles. The lowest BCUT2D eigenvalue weighted by Crippen LogP contribution is -2.51. The summed E-state index contributed by atoms with van der Waals surface area (Å²) >= 11 is 0. The van der Waals surface area contributed by atoms with Crippen molar-refractivity contribution in [2.75, 3.05) is 39.4 Å². The Morgan fingerprint density at radius 1 is 1.26 bits per heavy atom. The van der Waals surface area contributed by atoms with Gasteiger partial charge in [-0.05, 0) is 12.3 Å². The number of carboxylic acid groups (broad SMARTS) is 1. The Morgan fingerprint density at radius 3 is 2.26 bits per heavy atom. The Morgan fingerprint density at radius 2 is 1.84 bits per heavy atom. The molecule has 0 bridgehead atoms. The van der Waals surface area contributed by atoms with E-state index in [4.69, 9.17) is 15.3 Å². The minimum atomic E-state index is -0.817. The molecule has 1 aliphatic heterocycles. The van der Waals surface area contributed by atoms with Crippen LogP contribution in [0, 0.1) is 11.8 Å². The first-order chi connectivity index (χ1) is 9.01. The molecule has 7 heteroatoms. The molecule has 1 heterocycles. The van der Waals surface area contributed by atoms with Crippen LogP contribution >= 0.6 is 0 Å². The van der Waals surface area contributed by atoms with Gasteiger partial charge in [-0.3, -0.25) is 4.79 Å². The van der Waals surface area contributed by atoms with Crippen molar-refractivity contribution in [3.05, 3.63) is 0 Å². The fourth-order valence-electron chi connectivity index (χ4n) is 2.43. The van der Waals surface area contributed by atoms with Crippen LogP contribution in [-0.4, -0.2) is 76.5 Å². The predicted molar refractivity (Wildman–Crippen MR) is 67.6 cm³/mol. The topological polar surface area (TPSA) is 101 Å². The molecule has 1 rings (SSSR count). The zero-order valence-electron chi connectivity index (χ0n) is 11.2. The lowest BCUT2D eigenvalue weighted by atomic mass is 9.87. The Balaban J connectivity index is 2.61. The smallest absolute Gasteiger partial charge is 0.320 e. The van der Waals surface area contributed by atoms with Crippen LogP contribution in [0.3, 0.4) is 0 Å². The second kappa shape index (κ2) is 7.30. The minimum Gasteiger partial charge on any atom is -0.481 e. The molecule has 2 amide bonds. The van der Waals surface area contributed by atoms with E-state index in [0.29, 0.717) is 19.5 Å². The third-order valence-electron chi connectivity index (χ3n) is 3.50. The van der Waals surface area contributed by atoms with E-state index in [0.717, 1.165) is 0 Å². The molecule has 0 saturated carbocycles. The number of carboxylic acids is 1. The minimum absolute atomic E-state index is 0.0969. The zero-order chi connectivity index (χ0) is 14.4. The van der Waals surface area contributed by atoms with Crippen molar-refractivity contribution >= 4 is 12.0 Å². The van der Waals surface area contributed by atoms with Gasteiger partial charge < -0.3 is 25.1 Å². The first-order valence-electron chi connectivity index (χ1n) is 6.49. The zero-order valence-corrected chi connectivity index (χ0v) is 11.2. The third kappa shape index (κ3) is 4.07. The van der Waals surface area contributed by atoms with E-state index in [9.17, 15) is 9.59 Å². The van der Waals surface area contributed by atoms with Crippen LogP contribution in [0.1, 0.15) is 13.3 Å². The number of urea groups is 1. The Labute approximate surface area is 112 Å². The van der Waals surface area contributed by atoms with Crippen LogP contribution in [0.5, 0.6) is 0 Å². The standard InChI is InChI=1S/C12H22N2O5/c1-9-8-14(3-2-10(9)11(17)18)12(19)13(4-6-15)5-7-16/h9-10,15-16H,2-8H2,1H3,(H,17,18). The third-order valence-corrected chi connectivity index (χ3v) is 3.50. The van der Waals surface area contributed by atoms with Crippen LogP contribution in [0.2, 0.25) is 0 Å². The normalized spacial score (nSPS) is 23.2. The number of carbonyl (C=O) groups is 2. The summed E-state index contributed by atoms with van der Waals surface area (Å²) in [6.07, 6.45) is 0.439. The number of hydrogen-bond acceptors (Lipinski definition) is 4. The van der Waals surface area contributed by atoms with Crippen LogP contribution in [0.25, 0.3) is 0 Å². The quantitative estimate of drug-likeness (QED) is 0.623. The molecule has 7 nitrogen and oxygen atoms in total. The van der Waals surface area contributed by atoms with Crippen molar-refractivity contribution in [2.45, 2.75) is 13.3 Å². The van der Waals surface area contributed by atoms with Gasteiger partial charge in [-0.15, -0.1) is 0 Å². The molecule has 0 aromatic heterocycles. The first kappa shape index (κ1) is 15.7. The summed E-state index contributed by atoms with van der Waals surface area (Å²) in [5.41, 5.74) is 0. The highest BCUT2D eigenvalue weighted by Gasteiger charge is 2.34. The molecule has 0 aromatic rings. The van der Waals surface area contributed by atoms with Crippen LogP contribution in [0.4, 0.5) is 4.79 Å². The molecule has 1 fully saturated rings. The summed E-state index contributed by atoms with van der Waals surface area (Å²) in [6.45, 7) is 2.64. The second-order valence-corrected chi connectivity index (χ2v) is 4.87. The number of hydrogen-bond donors (Lipinski definition) is 3. The fraction of sp³-hybridized carbons (Fsp3) is 0.833. The molecule has 0 spiro atoms. The number of carbonyl (C=O) groups excluding carboxylic acids is 1. The van der Waals surface area contributed by atoms with E-state index in [2.05, 4.69) is 0 Å². The summed E-state index contributed by atoms with van der Waals surface area (Å²) in [5.74, 6) is -1.32. The van der Waals surface area contributed by atoms with Crippen LogP contribution in [-0.2, 0) is 4.79 Å². The van der Waals surface area contributed by atoms with E-state index in [1.165, 1.54) is 4.90 Å². The van der Waals surface area contributed by atoms with Gasteiger partial charge in [-0.25, -0.2) is 4.79 Å². The molecular formula is C12H22N2O5. The number of likely N-dealkylation sites (tertiary alicyclic amines) is 1. The van der Waals surface area contributed by atoms with Crippen molar-refractivity contribution in [2.24, 2.45) is 11.8 Å². The molecule has 1 aliphatic rings. The van der Waals surface area contributed by atoms with Crippen molar-refractivity contribution in [1.29, 1.82) is 0 Å². The molecule has 19 heavy (non-hydrogen) atoms.